The molecule has 2 aliphatic rings. The monoisotopic (exact) mass is 273 g/mol. The molecule has 3 amide bonds. The minimum absolute atomic E-state index is 0.305. The second-order valence-corrected chi connectivity index (χ2v) is 4.80. The van der Waals surface area contributed by atoms with Crippen molar-refractivity contribution in [3.8, 4) is 0 Å². The Morgan fingerprint density at radius 1 is 1.15 bits per heavy atom. The third kappa shape index (κ3) is 1.92. The SMILES string of the molecule is CN1C(=O)NC2C(N=C(c3ccccc3)NN2C)C1=O. The molecule has 2 N–H and O–H groups in total. The van der Waals surface area contributed by atoms with E-state index in [-0.39, 0.29) is 5.91 Å². The van der Waals surface area contributed by atoms with Crippen LogP contribution < -0.4 is 10.7 Å². The number of amides is 3. The van der Waals surface area contributed by atoms with Crippen molar-refractivity contribution in [3.05, 3.63) is 35.9 Å². The third-order valence-electron chi connectivity index (χ3n) is 3.47. The van der Waals surface area contributed by atoms with Gasteiger partial charge in [-0.15, -0.1) is 0 Å². The van der Waals surface area contributed by atoms with E-state index in [2.05, 4.69) is 15.7 Å². The molecule has 1 aromatic rings. The van der Waals surface area contributed by atoms with Gasteiger partial charge in [-0.1, -0.05) is 30.3 Å². The van der Waals surface area contributed by atoms with Crippen LogP contribution in [0, 0.1) is 0 Å². The van der Waals surface area contributed by atoms with Crippen molar-refractivity contribution in [2.75, 3.05) is 14.1 Å². The van der Waals surface area contributed by atoms with Crippen molar-refractivity contribution < 1.29 is 9.59 Å². The van der Waals surface area contributed by atoms with Crippen molar-refractivity contribution in [1.29, 1.82) is 0 Å². The highest BCUT2D eigenvalue weighted by atomic mass is 16.2. The first kappa shape index (κ1) is 12.6. The molecule has 20 heavy (non-hydrogen) atoms. The second-order valence-electron chi connectivity index (χ2n) is 4.80. The van der Waals surface area contributed by atoms with Gasteiger partial charge >= 0.3 is 6.03 Å². The molecule has 0 bridgehead atoms. The van der Waals surface area contributed by atoms with Crippen molar-refractivity contribution >= 4 is 17.8 Å². The topological polar surface area (TPSA) is 77.0 Å². The van der Waals surface area contributed by atoms with Gasteiger partial charge in [-0.3, -0.25) is 9.69 Å². The number of urea groups is 1. The molecule has 0 spiro atoms. The van der Waals surface area contributed by atoms with Gasteiger partial charge < -0.3 is 10.7 Å². The summed E-state index contributed by atoms with van der Waals surface area (Å²) in [5, 5.41) is 4.44. The van der Waals surface area contributed by atoms with E-state index in [1.165, 1.54) is 7.05 Å². The number of amidine groups is 1. The van der Waals surface area contributed by atoms with E-state index < -0.39 is 18.2 Å². The molecule has 0 aliphatic carbocycles. The summed E-state index contributed by atoms with van der Waals surface area (Å²) in [6, 6.07) is 8.50. The minimum atomic E-state index is -0.640. The number of benzene rings is 1. The Hall–Kier alpha value is -2.41. The van der Waals surface area contributed by atoms with Crippen LogP contribution in [0.25, 0.3) is 0 Å². The Kier molecular flexibility index (Phi) is 2.90. The maximum absolute atomic E-state index is 12.2. The first-order valence-electron chi connectivity index (χ1n) is 6.28. The molecule has 2 heterocycles. The first-order valence-corrected chi connectivity index (χ1v) is 6.28. The molecule has 0 radical (unpaired) electrons. The number of hydrazine groups is 1. The van der Waals surface area contributed by atoms with E-state index in [0.29, 0.717) is 5.84 Å². The highest BCUT2D eigenvalue weighted by Gasteiger charge is 2.44. The maximum Gasteiger partial charge on any atom is 0.325 e. The maximum atomic E-state index is 12.2. The smallest absolute Gasteiger partial charge is 0.318 e. The predicted octanol–water partition coefficient (Wildman–Crippen LogP) is -0.241. The van der Waals surface area contributed by atoms with E-state index in [4.69, 9.17) is 0 Å². The molecule has 1 aromatic carbocycles. The van der Waals surface area contributed by atoms with E-state index in [1.54, 1.807) is 12.1 Å². The number of carbonyl (C=O) groups is 2. The lowest BCUT2D eigenvalue weighted by atomic mass is 10.1. The predicted molar refractivity (Wildman–Crippen MR) is 72.8 cm³/mol. The summed E-state index contributed by atoms with van der Waals surface area (Å²) < 4.78 is 0. The zero-order valence-corrected chi connectivity index (χ0v) is 11.2. The number of fused-ring (bicyclic) bond motifs is 1. The first-order chi connectivity index (χ1) is 9.58. The molecular weight excluding hydrogens is 258 g/mol. The van der Waals surface area contributed by atoms with Crippen molar-refractivity contribution in [2.45, 2.75) is 12.2 Å². The zero-order chi connectivity index (χ0) is 14.3. The minimum Gasteiger partial charge on any atom is -0.318 e. The highest BCUT2D eigenvalue weighted by molar-refractivity contribution is 6.05. The summed E-state index contributed by atoms with van der Waals surface area (Å²) in [7, 11) is 3.22. The van der Waals surface area contributed by atoms with Gasteiger partial charge in [-0.25, -0.2) is 14.8 Å². The summed E-state index contributed by atoms with van der Waals surface area (Å²) >= 11 is 0. The lowest BCUT2D eigenvalue weighted by molar-refractivity contribution is -0.133. The number of hydrogen-bond donors (Lipinski definition) is 2. The number of nitrogens with zero attached hydrogens (tertiary/aromatic N) is 3. The molecule has 2 aliphatic heterocycles. The van der Waals surface area contributed by atoms with Gasteiger partial charge in [0, 0.05) is 19.7 Å². The van der Waals surface area contributed by atoms with Crippen LogP contribution in [0.3, 0.4) is 0 Å². The summed E-state index contributed by atoms with van der Waals surface area (Å²) in [4.78, 5) is 29.4. The Morgan fingerprint density at radius 3 is 2.55 bits per heavy atom. The fraction of sp³-hybridized carbons (Fsp3) is 0.308. The standard InChI is InChI=1S/C13H15N5O2/c1-17-12(19)9-11(15-13(17)20)18(2)16-10(14-9)8-6-4-3-5-7-8/h3-7,9,11H,1-2H3,(H,14,16)(H,15,20). The summed E-state index contributed by atoms with van der Waals surface area (Å²) in [6.45, 7) is 0. The van der Waals surface area contributed by atoms with E-state index in [9.17, 15) is 9.59 Å². The van der Waals surface area contributed by atoms with Crippen LogP contribution in [0.1, 0.15) is 5.56 Å². The summed E-state index contributed by atoms with van der Waals surface area (Å²) in [5.41, 5.74) is 3.98. The molecule has 1 saturated heterocycles. The Morgan fingerprint density at radius 2 is 1.85 bits per heavy atom. The highest BCUT2D eigenvalue weighted by Crippen LogP contribution is 2.17. The Labute approximate surface area is 116 Å². The summed E-state index contributed by atoms with van der Waals surface area (Å²) in [6.07, 6.45) is -0.473. The molecule has 0 aromatic heterocycles. The summed E-state index contributed by atoms with van der Waals surface area (Å²) in [5.74, 6) is 0.313. The van der Waals surface area contributed by atoms with Gasteiger partial charge in [0.2, 0.25) is 0 Å². The van der Waals surface area contributed by atoms with Gasteiger partial charge in [0.1, 0.15) is 12.0 Å². The van der Waals surface area contributed by atoms with Crippen LogP contribution in [-0.2, 0) is 4.79 Å². The van der Waals surface area contributed by atoms with Gasteiger partial charge in [-0.05, 0) is 0 Å². The van der Waals surface area contributed by atoms with Crippen molar-refractivity contribution in [1.82, 2.24) is 20.7 Å². The quantitative estimate of drug-likeness (QED) is 0.740. The number of imide groups is 1. The van der Waals surface area contributed by atoms with E-state index >= 15 is 0 Å². The number of aliphatic imine (C=N–C) groups is 1. The second kappa shape index (κ2) is 4.61. The average molecular weight is 273 g/mol. The van der Waals surface area contributed by atoms with Crippen molar-refractivity contribution in [2.24, 2.45) is 4.99 Å². The zero-order valence-electron chi connectivity index (χ0n) is 11.2. The average Bonchev–Trinajstić information content (AvgIpc) is 2.47. The fourth-order valence-corrected chi connectivity index (χ4v) is 2.31. The normalized spacial score (nSPS) is 26.5. The van der Waals surface area contributed by atoms with Crippen LogP contribution in [0.4, 0.5) is 4.79 Å². The van der Waals surface area contributed by atoms with Crippen molar-refractivity contribution in [3.63, 3.8) is 0 Å². The lowest BCUT2D eigenvalue weighted by Gasteiger charge is -2.42. The van der Waals surface area contributed by atoms with Gasteiger partial charge in [0.15, 0.2) is 6.04 Å². The van der Waals surface area contributed by atoms with Gasteiger partial charge in [-0.2, -0.15) is 0 Å². The largest absolute Gasteiger partial charge is 0.325 e. The van der Waals surface area contributed by atoms with Gasteiger partial charge in [0.05, 0.1) is 0 Å². The Balaban J connectivity index is 1.98. The number of nitrogens with one attached hydrogen (secondary N) is 2. The molecule has 1 fully saturated rings. The number of hydrogen-bond acceptors (Lipinski definition) is 5. The third-order valence-corrected chi connectivity index (χ3v) is 3.47. The van der Waals surface area contributed by atoms with Crippen LogP contribution in [0.5, 0.6) is 0 Å². The van der Waals surface area contributed by atoms with Crippen LogP contribution in [0.15, 0.2) is 35.3 Å². The number of rotatable bonds is 1. The number of likely N-dealkylation sites (N-methyl/N-ethyl adjacent to an activating group) is 2. The van der Waals surface area contributed by atoms with Crippen LogP contribution >= 0.6 is 0 Å². The molecule has 7 nitrogen and oxygen atoms in total. The fourth-order valence-electron chi connectivity index (χ4n) is 2.31. The van der Waals surface area contributed by atoms with E-state index in [1.807, 2.05) is 30.3 Å². The van der Waals surface area contributed by atoms with Crippen LogP contribution in [-0.4, -0.2) is 54.0 Å². The molecular formula is C13H15N5O2. The van der Waals surface area contributed by atoms with E-state index in [0.717, 1.165) is 10.5 Å². The molecule has 2 unspecified atom stereocenters. The molecule has 7 heteroatoms. The van der Waals surface area contributed by atoms with Gasteiger partial charge in [0.25, 0.3) is 5.91 Å². The number of carbonyl (C=O) groups excluding carboxylic acids is 2. The lowest BCUT2D eigenvalue weighted by Crippen LogP contribution is -2.70. The Bertz CT molecular complexity index is 586. The molecule has 0 saturated carbocycles. The molecule has 2 atom stereocenters. The molecule has 3 rings (SSSR count). The molecule has 104 valence electrons. The van der Waals surface area contributed by atoms with Crippen LogP contribution in [0.2, 0.25) is 0 Å².